The molecule has 3 aromatic rings. The quantitative estimate of drug-likeness (QED) is 0.663. The van der Waals surface area contributed by atoms with Crippen LogP contribution >= 0.6 is 0 Å². The highest BCUT2D eigenvalue weighted by molar-refractivity contribution is 5.94. The van der Waals surface area contributed by atoms with Crippen LogP contribution in [0.2, 0.25) is 0 Å². The number of imidazole rings is 2. The summed E-state index contributed by atoms with van der Waals surface area (Å²) in [5.74, 6) is 0.0503. The molecule has 2 heterocycles. The molecular formula is C12H10FN5O. The van der Waals surface area contributed by atoms with Gasteiger partial charge in [0.05, 0.1) is 17.6 Å². The predicted molar refractivity (Wildman–Crippen MR) is 65.8 cm³/mol. The number of aromatic amines is 2. The number of H-pyrrole nitrogens is 2. The van der Waals surface area contributed by atoms with Gasteiger partial charge in [-0.15, -0.1) is 0 Å². The van der Waals surface area contributed by atoms with Crippen LogP contribution in [0.5, 0.6) is 0 Å². The summed E-state index contributed by atoms with van der Waals surface area (Å²) in [4.78, 5) is 25.6. The highest BCUT2D eigenvalue weighted by Gasteiger charge is 2.11. The maximum atomic E-state index is 13.0. The lowest BCUT2D eigenvalue weighted by atomic mass is 10.3. The third kappa shape index (κ3) is 2.30. The summed E-state index contributed by atoms with van der Waals surface area (Å²) in [6.45, 7) is 0.275. The van der Waals surface area contributed by atoms with Gasteiger partial charge in [-0.3, -0.25) is 4.79 Å². The SMILES string of the molecule is O=C(NCc1ncc[nH]1)c1nc2ccc(F)cc2[nH]1. The smallest absolute Gasteiger partial charge is 0.287 e. The lowest BCUT2D eigenvalue weighted by Gasteiger charge is -1.99. The monoisotopic (exact) mass is 259 g/mol. The van der Waals surface area contributed by atoms with Crippen molar-refractivity contribution in [1.82, 2.24) is 25.3 Å². The molecule has 0 unspecified atom stereocenters. The number of nitrogens with one attached hydrogen (secondary N) is 3. The molecule has 0 atom stereocenters. The molecule has 0 fully saturated rings. The molecule has 1 amide bonds. The minimum Gasteiger partial charge on any atom is -0.347 e. The largest absolute Gasteiger partial charge is 0.347 e. The van der Waals surface area contributed by atoms with Gasteiger partial charge >= 0.3 is 0 Å². The van der Waals surface area contributed by atoms with E-state index < -0.39 is 0 Å². The Kier molecular flexibility index (Phi) is 2.71. The molecule has 2 aromatic heterocycles. The lowest BCUT2D eigenvalue weighted by molar-refractivity contribution is 0.0941. The van der Waals surface area contributed by atoms with Gasteiger partial charge < -0.3 is 15.3 Å². The van der Waals surface area contributed by atoms with Gasteiger partial charge in [0, 0.05) is 12.4 Å². The van der Waals surface area contributed by atoms with Gasteiger partial charge in [0.25, 0.3) is 5.91 Å². The molecule has 0 saturated heterocycles. The number of halogens is 1. The first kappa shape index (κ1) is 11.4. The van der Waals surface area contributed by atoms with Crippen molar-refractivity contribution in [2.24, 2.45) is 0 Å². The van der Waals surface area contributed by atoms with Crippen molar-refractivity contribution in [3.05, 3.63) is 48.1 Å². The van der Waals surface area contributed by atoms with E-state index in [-0.39, 0.29) is 24.1 Å². The van der Waals surface area contributed by atoms with E-state index in [9.17, 15) is 9.18 Å². The van der Waals surface area contributed by atoms with Crippen molar-refractivity contribution in [2.45, 2.75) is 6.54 Å². The highest BCUT2D eigenvalue weighted by atomic mass is 19.1. The number of hydrogen-bond donors (Lipinski definition) is 3. The Morgan fingerprint density at radius 3 is 3.11 bits per heavy atom. The maximum absolute atomic E-state index is 13.0. The van der Waals surface area contributed by atoms with E-state index in [4.69, 9.17) is 0 Å². The first-order chi connectivity index (χ1) is 9.22. The average molecular weight is 259 g/mol. The summed E-state index contributed by atoms with van der Waals surface area (Å²) in [5, 5.41) is 2.66. The van der Waals surface area contributed by atoms with Crippen molar-refractivity contribution in [1.29, 1.82) is 0 Å². The van der Waals surface area contributed by atoms with Crippen LogP contribution in [-0.4, -0.2) is 25.8 Å². The van der Waals surface area contributed by atoms with E-state index in [2.05, 4.69) is 25.3 Å². The van der Waals surface area contributed by atoms with Crippen LogP contribution in [0.1, 0.15) is 16.4 Å². The van der Waals surface area contributed by atoms with Gasteiger partial charge in [-0.1, -0.05) is 0 Å². The molecule has 6 nitrogen and oxygen atoms in total. The number of carbonyl (C=O) groups excluding carboxylic acids is 1. The van der Waals surface area contributed by atoms with Crippen LogP contribution < -0.4 is 5.32 Å². The van der Waals surface area contributed by atoms with Crippen LogP contribution in [0, 0.1) is 5.82 Å². The van der Waals surface area contributed by atoms with Gasteiger partial charge in [-0.25, -0.2) is 14.4 Å². The molecule has 0 saturated carbocycles. The Bertz CT molecular complexity index is 719. The molecule has 7 heteroatoms. The van der Waals surface area contributed by atoms with Crippen LogP contribution in [0.15, 0.2) is 30.6 Å². The van der Waals surface area contributed by atoms with E-state index >= 15 is 0 Å². The van der Waals surface area contributed by atoms with E-state index in [1.54, 1.807) is 12.4 Å². The molecule has 3 N–H and O–H groups in total. The minimum atomic E-state index is -0.376. The van der Waals surface area contributed by atoms with Gasteiger partial charge in [0.15, 0.2) is 5.82 Å². The lowest BCUT2D eigenvalue weighted by Crippen LogP contribution is -2.24. The number of amides is 1. The molecule has 3 rings (SSSR count). The molecule has 96 valence electrons. The summed E-state index contributed by atoms with van der Waals surface area (Å²) in [5.41, 5.74) is 1.03. The van der Waals surface area contributed by atoms with Gasteiger partial charge in [-0.05, 0) is 18.2 Å². The Balaban J connectivity index is 1.77. The zero-order valence-electron chi connectivity index (χ0n) is 9.77. The molecule has 0 spiro atoms. The number of rotatable bonds is 3. The van der Waals surface area contributed by atoms with E-state index in [0.717, 1.165) is 0 Å². The van der Waals surface area contributed by atoms with Gasteiger partial charge in [0.2, 0.25) is 0 Å². The summed E-state index contributed by atoms with van der Waals surface area (Å²) in [6.07, 6.45) is 3.27. The number of fused-ring (bicyclic) bond motifs is 1. The summed E-state index contributed by atoms with van der Waals surface area (Å²) in [7, 11) is 0. The average Bonchev–Trinajstić information content (AvgIpc) is 3.04. The summed E-state index contributed by atoms with van der Waals surface area (Å²) in [6, 6.07) is 4.11. The normalized spacial score (nSPS) is 10.8. The van der Waals surface area contributed by atoms with Crippen molar-refractivity contribution in [3.63, 3.8) is 0 Å². The third-order valence-corrected chi connectivity index (χ3v) is 2.63. The number of nitrogens with zero attached hydrogens (tertiary/aromatic N) is 2. The number of benzene rings is 1. The highest BCUT2D eigenvalue weighted by Crippen LogP contribution is 2.12. The van der Waals surface area contributed by atoms with Crippen LogP contribution in [0.25, 0.3) is 11.0 Å². The molecule has 0 radical (unpaired) electrons. The fraction of sp³-hybridized carbons (Fsp3) is 0.0833. The molecule has 0 aliphatic heterocycles. The Morgan fingerprint density at radius 1 is 1.42 bits per heavy atom. The zero-order chi connectivity index (χ0) is 13.2. The molecule has 0 aliphatic carbocycles. The zero-order valence-corrected chi connectivity index (χ0v) is 9.77. The van der Waals surface area contributed by atoms with E-state index in [1.807, 2.05) is 0 Å². The Labute approximate surface area is 107 Å². The fourth-order valence-corrected chi connectivity index (χ4v) is 1.73. The van der Waals surface area contributed by atoms with E-state index in [1.165, 1.54) is 18.2 Å². The minimum absolute atomic E-state index is 0.146. The van der Waals surface area contributed by atoms with Crippen LogP contribution in [-0.2, 0) is 6.54 Å². The topological polar surface area (TPSA) is 86.5 Å². The third-order valence-electron chi connectivity index (χ3n) is 2.63. The molecule has 1 aromatic carbocycles. The van der Waals surface area contributed by atoms with Crippen molar-refractivity contribution >= 4 is 16.9 Å². The number of aromatic nitrogens is 4. The standard InChI is InChI=1S/C12H10FN5O/c13-7-1-2-8-9(5-7)18-11(17-8)12(19)16-6-10-14-3-4-15-10/h1-5H,6H2,(H,14,15)(H,16,19)(H,17,18). The Hall–Kier alpha value is -2.70. The number of carbonyl (C=O) groups is 1. The Morgan fingerprint density at radius 2 is 2.32 bits per heavy atom. The second-order valence-electron chi connectivity index (χ2n) is 3.97. The first-order valence-corrected chi connectivity index (χ1v) is 5.64. The maximum Gasteiger partial charge on any atom is 0.287 e. The molecule has 0 aliphatic rings. The van der Waals surface area contributed by atoms with Crippen LogP contribution in [0.3, 0.4) is 0 Å². The first-order valence-electron chi connectivity index (χ1n) is 5.64. The van der Waals surface area contributed by atoms with Gasteiger partial charge in [0.1, 0.15) is 11.6 Å². The fourth-order valence-electron chi connectivity index (χ4n) is 1.73. The van der Waals surface area contributed by atoms with E-state index in [0.29, 0.717) is 16.9 Å². The molecular weight excluding hydrogens is 249 g/mol. The summed E-state index contributed by atoms with van der Waals surface area (Å²) >= 11 is 0. The predicted octanol–water partition coefficient (Wildman–Crippen LogP) is 1.36. The van der Waals surface area contributed by atoms with Gasteiger partial charge in [-0.2, -0.15) is 0 Å². The van der Waals surface area contributed by atoms with Crippen molar-refractivity contribution in [3.8, 4) is 0 Å². The van der Waals surface area contributed by atoms with Crippen LogP contribution in [0.4, 0.5) is 4.39 Å². The molecule has 0 bridgehead atoms. The summed E-state index contributed by atoms with van der Waals surface area (Å²) < 4.78 is 13.0. The van der Waals surface area contributed by atoms with Crippen molar-refractivity contribution in [2.75, 3.05) is 0 Å². The molecule has 19 heavy (non-hydrogen) atoms. The van der Waals surface area contributed by atoms with Crippen molar-refractivity contribution < 1.29 is 9.18 Å². The second kappa shape index (κ2) is 4.52. The second-order valence-corrected chi connectivity index (χ2v) is 3.97. The number of hydrogen-bond acceptors (Lipinski definition) is 3.